The Kier molecular flexibility index (Phi) is 5.54. The third kappa shape index (κ3) is 3.98. The predicted molar refractivity (Wildman–Crippen MR) is 77.6 cm³/mol. The Morgan fingerprint density at radius 2 is 1.67 bits per heavy atom. The molecule has 1 heteroatoms. The lowest BCUT2D eigenvalue weighted by Crippen LogP contribution is -2.32. The summed E-state index contributed by atoms with van der Waals surface area (Å²) in [6, 6.07) is 0. The molecule has 0 spiro atoms. The maximum atomic E-state index is 11.0. The fraction of sp³-hybridized carbons (Fsp3) is 1.00. The maximum Gasteiger partial charge on any atom is 0.0678 e. The van der Waals surface area contributed by atoms with Crippen LogP contribution in [0, 0.1) is 11.8 Å². The van der Waals surface area contributed by atoms with E-state index in [2.05, 4.69) is 6.92 Å². The number of rotatable bonds is 3. The molecule has 0 aromatic rings. The molecule has 0 aliphatic heterocycles. The summed E-state index contributed by atoms with van der Waals surface area (Å²) in [7, 11) is 0. The van der Waals surface area contributed by atoms with Crippen LogP contribution in [-0.4, -0.2) is 10.7 Å². The van der Waals surface area contributed by atoms with Gasteiger partial charge >= 0.3 is 0 Å². The van der Waals surface area contributed by atoms with Gasteiger partial charge in [0.05, 0.1) is 5.60 Å². The lowest BCUT2D eigenvalue weighted by atomic mass is 9.84. The van der Waals surface area contributed by atoms with E-state index in [-0.39, 0.29) is 5.60 Å². The minimum absolute atomic E-state index is 0.292. The van der Waals surface area contributed by atoms with Crippen molar-refractivity contribution in [1.29, 1.82) is 0 Å². The summed E-state index contributed by atoms with van der Waals surface area (Å²) in [4.78, 5) is 0. The van der Waals surface area contributed by atoms with Gasteiger partial charge in [0, 0.05) is 0 Å². The smallest absolute Gasteiger partial charge is 0.0678 e. The minimum Gasteiger partial charge on any atom is -0.390 e. The quantitative estimate of drug-likeness (QED) is 0.743. The molecular formula is C17H32O. The van der Waals surface area contributed by atoms with E-state index >= 15 is 0 Å². The molecule has 0 unspecified atom stereocenters. The Balaban J connectivity index is 1.88. The molecule has 0 bridgehead atoms. The zero-order valence-corrected chi connectivity index (χ0v) is 12.3. The molecule has 106 valence electrons. The molecule has 2 fully saturated rings. The summed E-state index contributed by atoms with van der Waals surface area (Å²) >= 11 is 0. The monoisotopic (exact) mass is 252 g/mol. The number of unbranched alkanes of at least 4 members (excludes halogenated alkanes) is 1. The minimum atomic E-state index is -0.292. The van der Waals surface area contributed by atoms with Gasteiger partial charge in [-0.15, -0.1) is 0 Å². The SMILES string of the molecule is CCCC[C@@]1(O)CCCCCCCCC[C@H]2C[C@@H]21. The van der Waals surface area contributed by atoms with E-state index in [4.69, 9.17) is 0 Å². The van der Waals surface area contributed by atoms with Crippen molar-refractivity contribution in [3.05, 3.63) is 0 Å². The molecule has 2 aliphatic carbocycles. The van der Waals surface area contributed by atoms with Crippen molar-refractivity contribution in [3.63, 3.8) is 0 Å². The van der Waals surface area contributed by atoms with E-state index in [0.29, 0.717) is 5.92 Å². The molecule has 0 radical (unpaired) electrons. The van der Waals surface area contributed by atoms with Crippen molar-refractivity contribution in [1.82, 2.24) is 0 Å². The van der Waals surface area contributed by atoms with Crippen molar-refractivity contribution in [2.24, 2.45) is 11.8 Å². The number of hydrogen-bond acceptors (Lipinski definition) is 1. The molecule has 2 aliphatic rings. The van der Waals surface area contributed by atoms with Crippen LogP contribution < -0.4 is 0 Å². The summed E-state index contributed by atoms with van der Waals surface area (Å²) in [6.45, 7) is 2.24. The lowest BCUT2D eigenvalue weighted by Gasteiger charge is -2.29. The second-order valence-corrected chi connectivity index (χ2v) is 6.82. The van der Waals surface area contributed by atoms with E-state index in [1.807, 2.05) is 0 Å². The Bertz CT molecular complexity index is 238. The van der Waals surface area contributed by atoms with Gasteiger partial charge in [0.1, 0.15) is 0 Å². The highest BCUT2D eigenvalue weighted by molar-refractivity contribution is 5.00. The first-order chi connectivity index (χ1) is 8.76. The Morgan fingerprint density at radius 3 is 2.39 bits per heavy atom. The van der Waals surface area contributed by atoms with Gasteiger partial charge in [-0.05, 0) is 31.1 Å². The van der Waals surface area contributed by atoms with Gasteiger partial charge in [0.25, 0.3) is 0 Å². The third-order valence-electron chi connectivity index (χ3n) is 5.26. The molecule has 18 heavy (non-hydrogen) atoms. The summed E-state index contributed by atoms with van der Waals surface area (Å²) in [5.41, 5.74) is -0.292. The molecule has 3 atom stereocenters. The Morgan fingerprint density at radius 1 is 1.00 bits per heavy atom. The highest BCUT2D eigenvalue weighted by Gasteiger charge is 2.50. The van der Waals surface area contributed by atoms with Gasteiger partial charge in [-0.25, -0.2) is 0 Å². The van der Waals surface area contributed by atoms with Crippen LogP contribution in [0.1, 0.15) is 90.4 Å². The molecule has 2 rings (SSSR count). The van der Waals surface area contributed by atoms with Crippen molar-refractivity contribution in [3.8, 4) is 0 Å². The summed E-state index contributed by atoms with van der Waals surface area (Å²) in [5.74, 6) is 1.52. The molecule has 0 heterocycles. The highest BCUT2D eigenvalue weighted by atomic mass is 16.3. The summed E-state index contributed by atoms with van der Waals surface area (Å²) in [6.07, 6.45) is 16.9. The molecule has 0 aromatic carbocycles. The predicted octanol–water partition coefficient (Wildman–Crippen LogP) is 5.07. The van der Waals surface area contributed by atoms with Crippen LogP contribution in [0.15, 0.2) is 0 Å². The summed E-state index contributed by atoms with van der Waals surface area (Å²) < 4.78 is 0. The first-order valence-electron chi connectivity index (χ1n) is 8.48. The molecular weight excluding hydrogens is 220 g/mol. The van der Waals surface area contributed by atoms with Crippen molar-refractivity contribution in [2.45, 2.75) is 96.0 Å². The van der Waals surface area contributed by atoms with Crippen molar-refractivity contribution < 1.29 is 5.11 Å². The van der Waals surface area contributed by atoms with E-state index in [0.717, 1.165) is 18.8 Å². The number of aliphatic hydroxyl groups is 1. The summed E-state index contributed by atoms with van der Waals surface area (Å²) in [5, 5.41) is 11.0. The van der Waals surface area contributed by atoms with Crippen molar-refractivity contribution in [2.75, 3.05) is 0 Å². The second kappa shape index (κ2) is 6.93. The van der Waals surface area contributed by atoms with Gasteiger partial charge < -0.3 is 5.11 Å². The van der Waals surface area contributed by atoms with Gasteiger partial charge in [-0.2, -0.15) is 0 Å². The normalized spacial score (nSPS) is 38.3. The molecule has 0 aromatic heterocycles. The van der Waals surface area contributed by atoms with Crippen LogP contribution in [0.3, 0.4) is 0 Å². The molecule has 1 nitrogen and oxygen atoms in total. The first-order valence-corrected chi connectivity index (χ1v) is 8.48. The van der Waals surface area contributed by atoms with E-state index in [1.54, 1.807) is 0 Å². The van der Waals surface area contributed by atoms with Crippen LogP contribution in [0.4, 0.5) is 0 Å². The van der Waals surface area contributed by atoms with Crippen LogP contribution in [0.25, 0.3) is 0 Å². The van der Waals surface area contributed by atoms with E-state index in [9.17, 15) is 5.11 Å². The standard InChI is InChI=1S/C17H32O/c1-2-3-12-17(18)13-10-8-6-4-5-7-9-11-15-14-16(15)17/h15-16,18H,2-14H2,1H3/t15-,16-,17+/m0/s1. The molecule has 2 saturated carbocycles. The third-order valence-corrected chi connectivity index (χ3v) is 5.26. The Labute approximate surface area is 113 Å². The maximum absolute atomic E-state index is 11.0. The average molecular weight is 252 g/mol. The fourth-order valence-electron chi connectivity index (χ4n) is 3.92. The topological polar surface area (TPSA) is 20.2 Å². The van der Waals surface area contributed by atoms with Crippen LogP contribution in [0.2, 0.25) is 0 Å². The van der Waals surface area contributed by atoms with Crippen LogP contribution >= 0.6 is 0 Å². The average Bonchev–Trinajstić information content (AvgIpc) is 3.13. The van der Waals surface area contributed by atoms with Crippen LogP contribution in [-0.2, 0) is 0 Å². The first kappa shape index (κ1) is 14.4. The number of hydrogen-bond donors (Lipinski definition) is 1. The fourth-order valence-corrected chi connectivity index (χ4v) is 3.92. The lowest BCUT2D eigenvalue weighted by molar-refractivity contribution is -0.00909. The van der Waals surface area contributed by atoms with Gasteiger partial charge in [0.15, 0.2) is 0 Å². The largest absolute Gasteiger partial charge is 0.390 e. The van der Waals surface area contributed by atoms with Gasteiger partial charge in [-0.3, -0.25) is 0 Å². The Hall–Kier alpha value is -0.0400. The zero-order valence-electron chi connectivity index (χ0n) is 12.3. The van der Waals surface area contributed by atoms with E-state index in [1.165, 1.54) is 70.6 Å². The highest BCUT2D eigenvalue weighted by Crippen LogP contribution is 2.52. The van der Waals surface area contributed by atoms with Gasteiger partial charge in [0.2, 0.25) is 0 Å². The van der Waals surface area contributed by atoms with Crippen molar-refractivity contribution >= 4 is 0 Å². The van der Waals surface area contributed by atoms with E-state index < -0.39 is 0 Å². The molecule has 0 saturated heterocycles. The molecule has 0 amide bonds. The second-order valence-electron chi connectivity index (χ2n) is 6.82. The molecule has 1 N–H and O–H groups in total. The van der Waals surface area contributed by atoms with Crippen LogP contribution in [0.5, 0.6) is 0 Å². The zero-order chi connectivity index (χ0) is 12.8. The van der Waals surface area contributed by atoms with Gasteiger partial charge in [-0.1, -0.05) is 71.1 Å². The number of fused-ring (bicyclic) bond motifs is 1.